The van der Waals surface area contributed by atoms with Crippen molar-refractivity contribution in [2.75, 3.05) is 13.1 Å². The number of likely N-dealkylation sites (tertiary alicyclic amines) is 1. The molecule has 6 rings (SSSR count). The molecule has 1 aliphatic heterocycles. The predicted molar refractivity (Wildman–Crippen MR) is 134 cm³/mol. The first kappa shape index (κ1) is 25.9. The van der Waals surface area contributed by atoms with Gasteiger partial charge >= 0.3 is 12.2 Å². The van der Waals surface area contributed by atoms with Gasteiger partial charge in [-0.15, -0.1) is 0 Å². The summed E-state index contributed by atoms with van der Waals surface area (Å²) >= 11 is 0. The van der Waals surface area contributed by atoms with Crippen molar-refractivity contribution >= 4 is 16.9 Å². The Bertz CT molecular complexity index is 1620. The third-order valence-corrected chi connectivity index (χ3v) is 7.17. The molecule has 3 aromatic heterocycles. The van der Waals surface area contributed by atoms with E-state index in [1.807, 2.05) is 0 Å². The minimum Gasteiger partial charge on any atom is -0.424 e. The van der Waals surface area contributed by atoms with Gasteiger partial charge in [-0.1, -0.05) is 0 Å². The Kier molecular flexibility index (Phi) is 6.28. The molecular formula is C26H24F3N7O4. The largest absolute Gasteiger partial charge is 0.433 e. The molecule has 40 heavy (non-hydrogen) atoms. The molecule has 4 aromatic rings. The van der Waals surface area contributed by atoms with Crippen molar-refractivity contribution in [1.82, 2.24) is 34.2 Å². The zero-order valence-corrected chi connectivity index (χ0v) is 21.1. The molecule has 11 nitrogen and oxygen atoms in total. The summed E-state index contributed by atoms with van der Waals surface area (Å²) in [4.78, 5) is 38.8. The number of fused-ring (bicyclic) bond motifs is 1. The molecule has 1 aromatic carbocycles. The molecule has 2 aliphatic rings. The quantitative estimate of drug-likeness (QED) is 0.385. The van der Waals surface area contributed by atoms with Crippen LogP contribution in [0, 0.1) is 5.92 Å². The predicted octanol–water partition coefficient (Wildman–Crippen LogP) is 2.95. The first-order chi connectivity index (χ1) is 19.1. The Morgan fingerprint density at radius 3 is 2.50 bits per heavy atom. The average molecular weight is 556 g/mol. The number of carbonyl (C=O) groups is 1. The van der Waals surface area contributed by atoms with Crippen LogP contribution in [0.1, 0.15) is 31.4 Å². The monoisotopic (exact) mass is 555 g/mol. The van der Waals surface area contributed by atoms with E-state index in [1.54, 1.807) is 17.0 Å². The highest BCUT2D eigenvalue weighted by Gasteiger charge is 2.39. The Morgan fingerprint density at radius 2 is 1.82 bits per heavy atom. The number of halogens is 3. The maximum absolute atomic E-state index is 13.2. The Hall–Kier alpha value is -4.33. The number of rotatable bonds is 6. The number of carbonyl (C=O) groups excluding carboxylic acids is 1. The van der Waals surface area contributed by atoms with Gasteiger partial charge in [-0.2, -0.15) is 23.3 Å². The summed E-state index contributed by atoms with van der Waals surface area (Å²) in [6.45, 7) is 0.955. The van der Waals surface area contributed by atoms with Crippen LogP contribution in [0.15, 0.2) is 53.8 Å². The van der Waals surface area contributed by atoms with Gasteiger partial charge < -0.3 is 14.7 Å². The molecule has 14 heteroatoms. The van der Waals surface area contributed by atoms with Crippen LogP contribution < -0.4 is 10.3 Å². The van der Waals surface area contributed by atoms with Crippen molar-refractivity contribution < 1.29 is 27.8 Å². The van der Waals surface area contributed by atoms with Crippen molar-refractivity contribution in [3.05, 3.63) is 65.1 Å². The van der Waals surface area contributed by atoms with Gasteiger partial charge in [-0.3, -0.25) is 14.2 Å². The maximum atomic E-state index is 13.2. The lowest BCUT2D eigenvalue weighted by Crippen LogP contribution is -2.50. The number of ether oxygens (including phenoxy) is 1. The molecule has 1 N–H and O–H groups in total. The minimum absolute atomic E-state index is 0.0507. The van der Waals surface area contributed by atoms with Gasteiger partial charge in [0.05, 0.1) is 24.0 Å². The van der Waals surface area contributed by atoms with Crippen LogP contribution in [0.5, 0.6) is 11.8 Å². The molecule has 1 aliphatic carbocycles. The van der Waals surface area contributed by atoms with Gasteiger partial charge in [-0.05, 0) is 56.0 Å². The van der Waals surface area contributed by atoms with Crippen LogP contribution in [0.25, 0.3) is 16.7 Å². The topological polar surface area (TPSA) is 128 Å². The fourth-order valence-electron chi connectivity index (χ4n) is 4.77. The second kappa shape index (κ2) is 9.70. The van der Waals surface area contributed by atoms with Gasteiger partial charge in [0, 0.05) is 25.2 Å². The highest BCUT2D eigenvalue weighted by molar-refractivity contribution is 5.81. The van der Waals surface area contributed by atoms with Gasteiger partial charge in [-0.25, -0.2) is 14.6 Å². The van der Waals surface area contributed by atoms with E-state index in [9.17, 15) is 27.9 Å². The number of piperidine rings is 1. The standard InChI is InChI=1S/C26H24F3N7O4/c27-26(28,29)20-7-10-30-24(33-20)40-18-5-3-17(4-6-18)36-21-19(13-32-36)23(38)35(15-31-21)14-25(39)8-11-34(12-9-25)22(37)16-1-2-16/h3-7,10,13,15-16,39H,1-2,8-9,11-12,14H2. The molecule has 0 atom stereocenters. The van der Waals surface area contributed by atoms with Gasteiger partial charge in [0.1, 0.15) is 17.5 Å². The fraction of sp³-hybridized carbons (Fsp3) is 0.385. The molecule has 1 saturated carbocycles. The van der Waals surface area contributed by atoms with Crippen molar-refractivity contribution in [3.8, 4) is 17.4 Å². The van der Waals surface area contributed by atoms with Crippen molar-refractivity contribution in [2.45, 2.75) is 44.0 Å². The van der Waals surface area contributed by atoms with E-state index in [-0.39, 0.29) is 35.1 Å². The zero-order chi connectivity index (χ0) is 28.1. The molecule has 208 valence electrons. The maximum Gasteiger partial charge on any atom is 0.433 e. The minimum atomic E-state index is -4.62. The van der Waals surface area contributed by atoms with E-state index >= 15 is 0 Å². The second-order valence-corrected chi connectivity index (χ2v) is 10.1. The summed E-state index contributed by atoms with van der Waals surface area (Å²) in [5, 5.41) is 15.7. The lowest BCUT2D eigenvalue weighted by atomic mass is 9.91. The summed E-state index contributed by atoms with van der Waals surface area (Å²) in [6.07, 6.45) is 1.70. The van der Waals surface area contributed by atoms with Crippen molar-refractivity contribution in [2.24, 2.45) is 5.92 Å². The van der Waals surface area contributed by atoms with Crippen molar-refractivity contribution in [3.63, 3.8) is 0 Å². The van der Waals surface area contributed by atoms with E-state index in [1.165, 1.54) is 33.9 Å². The van der Waals surface area contributed by atoms with Crippen LogP contribution in [0.4, 0.5) is 13.2 Å². The summed E-state index contributed by atoms with van der Waals surface area (Å²) in [5.41, 5.74) is -1.77. The van der Waals surface area contributed by atoms with Crippen molar-refractivity contribution in [1.29, 1.82) is 0 Å². The van der Waals surface area contributed by atoms with Crippen LogP contribution in [-0.2, 0) is 17.5 Å². The molecule has 1 saturated heterocycles. The highest BCUT2D eigenvalue weighted by Crippen LogP contribution is 2.33. The second-order valence-electron chi connectivity index (χ2n) is 10.1. The Morgan fingerprint density at radius 1 is 1.10 bits per heavy atom. The highest BCUT2D eigenvalue weighted by atomic mass is 19.4. The summed E-state index contributed by atoms with van der Waals surface area (Å²) in [5.74, 6) is 0.483. The number of hydrogen-bond donors (Lipinski definition) is 1. The Labute approximate surface area is 224 Å². The van der Waals surface area contributed by atoms with Crippen LogP contribution in [-0.4, -0.2) is 63.9 Å². The van der Waals surface area contributed by atoms with Crippen LogP contribution in [0.3, 0.4) is 0 Å². The Balaban J connectivity index is 1.16. The fourth-order valence-corrected chi connectivity index (χ4v) is 4.77. The number of benzene rings is 1. The normalized spacial score (nSPS) is 17.2. The summed E-state index contributed by atoms with van der Waals surface area (Å²) in [6, 6.07) is 6.51. The molecule has 0 spiro atoms. The molecular weight excluding hydrogens is 531 g/mol. The molecule has 0 radical (unpaired) electrons. The first-order valence-corrected chi connectivity index (χ1v) is 12.7. The zero-order valence-electron chi connectivity index (χ0n) is 21.1. The van der Waals surface area contributed by atoms with Gasteiger partial charge in [0.15, 0.2) is 11.3 Å². The summed E-state index contributed by atoms with van der Waals surface area (Å²) in [7, 11) is 0. The lowest BCUT2D eigenvalue weighted by Gasteiger charge is -2.38. The molecule has 2 fully saturated rings. The van der Waals surface area contributed by atoms with E-state index in [2.05, 4.69) is 20.1 Å². The molecule has 1 amide bonds. The third kappa shape index (κ3) is 5.13. The number of amides is 1. The molecule has 0 bridgehead atoms. The smallest absolute Gasteiger partial charge is 0.424 e. The van der Waals surface area contributed by atoms with Gasteiger partial charge in [0.2, 0.25) is 5.91 Å². The third-order valence-electron chi connectivity index (χ3n) is 7.17. The number of alkyl halides is 3. The van der Waals surface area contributed by atoms with E-state index in [0.29, 0.717) is 37.3 Å². The van der Waals surface area contributed by atoms with Gasteiger partial charge in [0.25, 0.3) is 5.56 Å². The van der Waals surface area contributed by atoms with E-state index in [4.69, 9.17) is 4.74 Å². The molecule has 4 heterocycles. The number of aliphatic hydroxyl groups is 1. The number of aromatic nitrogens is 6. The van der Waals surface area contributed by atoms with Crippen LogP contribution >= 0.6 is 0 Å². The summed E-state index contributed by atoms with van der Waals surface area (Å²) < 4.78 is 46.8. The average Bonchev–Trinajstić information content (AvgIpc) is 3.69. The number of hydrogen-bond acceptors (Lipinski definition) is 8. The number of nitrogens with zero attached hydrogens (tertiary/aromatic N) is 7. The van der Waals surface area contributed by atoms with E-state index < -0.39 is 23.5 Å². The van der Waals surface area contributed by atoms with Crippen LogP contribution in [0.2, 0.25) is 0 Å². The SMILES string of the molecule is O=C(C1CC1)N1CCC(O)(Cn2cnc3c(cnn3-c3ccc(Oc4nccc(C(F)(F)F)n4)cc3)c2=O)CC1. The first-order valence-electron chi connectivity index (χ1n) is 12.7. The van der Waals surface area contributed by atoms with E-state index in [0.717, 1.165) is 25.1 Å². The lowest BCUT2D eigenvalue weighted by molar-refractivity contribution is -0.141. The molecule has 0 unspecified atom stereocenters.